The zero-order valence-electron chi connectivity index (χ0n) is 12.3. The van der Waals surface area contributed by atoms with Crippen molar-refractivity contribution in [2.75, 3.05) is 11.9 Å². The second kappa shape index (κ2) is 5.38. The van der Waals surface area contributed by atoms with Crippen molar-refractivity contribution >= 4 is 5.95 Å². The summed E-state index contributed by atoms with van der Waals surface area (Å²) in [7, 11) is 3.96. The molecule has 102 valence electrons. The van der Waals surface area contributed by atoms with Crippen molar-refractivity contribution in [1.82, 2.24) is 19.7 Å². The van der Waals surface area contributed by atoms with Gasteiger partial charge >= 0.3 is 0 Å². The predicted molar refractivity (Wildman–Crippen MR) is 76.2 cm³/mol. The molecule has 5 heteroatoms. The highest BCUT2D eigenvalue weighted by Crippen LogP contribution is 2.19. The summed E-state index contributed by atoms with van der Waals surface area (Å²) in [6.07, 6.45) is 5.75. The molecular weight excluding hydrogens is 238 g/mol. The number of aromatic nitrogens is 4. The molecule has 0 unspecified atom stereocenters. The van der Waals surface area contributed by atoms with Crippen molar-refractivity contribution in [1.29, 1.82) is 0 Å². The Morgan fingerprint density at radius 1 is 1.26 bits per heavy atom. The van der Waals surface area contributed by atoms with Gasteiger partial charge in [-0.05, 0) is 18.4 Å². The Kier molecular flexibility index (Phi) is 3.83. The fourth-order valence-corrected chi connectivity index (χ4v) is 2.07. The van der Waals surface area contributed by atoms with Crippen LogP contribution in [0.25, 0.3) is 0 Å². The normalized spacial score (nSPS) is 11.1. The molecule has 0 fully saturated rings. The average Bonchev–Trinajstić information content (AvgIpc) is 2.71. The van der Waals surface area contributed by atoms with E-state index in [0.717, 1.165) is 23.8 Å². The number of hydrogen-bond donors (Lipinski definition) is 0. The Hall–Kier alpha value is -1.91. The van der Waals surface area contributed by atoms with E-state index in [0.29, 0.717) is 5.92 Å². The van der Waals surface area contributed by atoms with Gasteiger partial charge in [-0.15, -0.1) is 0 Å². The molecule has 0 aliphatic carbocycles. The van der Waals surface area contributed by atoms with E-state index in [9.17, 15) is 0 Å². The number of nitrogens with zero attached hydrogens (tertiary/aromatic N) is 5. The van der Waals surface area contributed by atoms with E-state index in [4.69, 9.17) is 0 Å². The third kappa shape index (κ3) is 3.10. The molecule has 0 saturated heterocycles. The summed E-state index contributed by atoms with van der Waals surface area (Å²) in [6.45, 7) is 7.08. The average molecular weight is 259 g/mol. The fourth-order valence-electron chi connectivity index (χ4n) is 2.07. The van der Waals surface area contributed by atoms with Crippen molar-refractivity contribution < 1.29 is 0 Å². The minimum absolute atomic E-state index is 0.420. The van der Waals surface area contributed by atoms with Gasteiger partial charge in [0.1, 0.15) is 0 Å². The summed E-state index contributed by atoms with van der Waals surface area (Å²) in [6, 6.07) is 0. The van der Waals surface area contributed by atoms with Crippen LogP contribution in [0.4, 0.5) is 5.95 Å². The quantitative estimate of drug-likeness (QED) is 0.845. The van der Waals surface area contributed by atoms with Gasteiger partial charge in [-0.2, -0.15) is 5.10 Å². The maximum Gasteiger partial charge on any atom is 0.225 e. The van der Waals surface area contributed by atoms with Gasteiger partial charge in [0.05, 0.1) is 5.69 Å². The van der Waals surface area contributed by atoms with Crippen LogP contribution in [-0.2, 0) is 13.6 Å². The van der Waals surface area contributed by atoms with Crippen molar-refractivity contribution in [3.05, 3.63) is 35.4 Å². The van der Waals surface area contributed by atoms with Gasteiger partial charge in [-0.1, -0.05) is 13.8 Å². The Morgan fingerprint density at radius 3 is 2.47 bits per heavy atom. The largest absolute Gasteiger partial charge is 0.339 e. The third-order valence-corrected chi connectivity index (χ3v) is 3.00. The molecule has 0 aliphatic rings. The van der Waals surface area contributed by atoms with E-state index >= 15 is 0 Å². The maximum atomic E-state index is 4.52. The van der Waals surface area contributed by atoms with Crippen LogP contribution in [0.5, 0.6) is 0 Å². The second-order valence-electron chi connectivity index (χ2n) is 5.28. The highest BCUT2D eigenvalue weighted by molar-refractivity contribution is 5.32. The summed E-state index contributed by atoms with van der Waals surface area (Å²) >= 11 is 0. The molecule has 2 aromatic rings. The van der Waals surface area contributed by atoms with Gasteiger partial charge in [0.15, 0.2) is 0 Å². The van der Waals surface area contributed by atoms with E-state index in [1.807, 2.05) is 43.0 Å². The van der Waals surface area contributed by atoms with Gasteiger partial charge in [0.25, 0.3) is 0 Å². The lowest BCUT2D eigenvalue weighted by Gasteiger charge is -2.17. The molecule has 2 rings (SSSR count). The molecule has 0 saturated carbocycles. The van der Waals surface area contributed by atoms with Crippen LogP contribution in [-0.4, -0.2) is 26.8 Å². The van der Waals surface area contributed by atoms with Crippen molar-refractivity contribution in [3.63, 3.8) is 0 Å². The molecule has 5 nitrogen and oxygen atoms in total. The van der Waals surface area contributed by atoms with E-state index in [2.05, 4.69) is 35.1 Å². The van der Waals surface area contributed by atoms with Crippen LogP contribution < -0.4 is 4.90 Å². The lowest BCUT2D eigenvalue weighted by molar-refractivity contribution is 0.711. The van der Waals surface area contributed by atoms with Crippen LogP contribution in [0.1, 0.15) is 36.6 Å². The van der Waals surface area contributed by atoms with Crippen LogP contribution in [0.3, 0.4) is 0 Å². The lowest BCUT2D eigenvalue weighted by Crippen LogP contribution is -2.19. The predicted octanol–water partition coefficient (Wildman–Crippen LogP) is 2.28. The van der Waals surface area contributed by atoms with Crippen molar-refractivity contribution in [2.24, 2.45) is 7.05 Å². The van der Waals surface area contributed by atoms with E-state index in [-0.39, 0.29) is 0 Å². The number of aryl methyl sites for hydroxylation is 2. The van der Waals surface area contributed by atoms with Gasteiger partial charge in [0.2, 0.25) is 5.95 Å². The number of hydrogen-bond acceptors (Lipinski definition) is 4. The summed E-state index contributed by atoms with van der Waals surface area (Å²) < 4.78 is 1.87. The monoisotopic (exact) mass is 259 g/mol. The summed E-state index contributed by atoms with van der Waals surface area (Å²) in [5.41, 5.74) is 3.44. The first-order valence-electron chi connectivity index (χ1n) is 6.49. The highest BCUT2D eigenvalue weighted by Gasteiger charge is 2.14. The zero-order chi connectivity index (χ0) is 14.0. The van der Waals surface area contributed by atoms with Gasteiger partial charge in [0, 0.05) is 44.8 Å². The summed E-state index contributed by atoms with van der Waals surface area (Å²) in [5, 5.41) is 4.52. The molecule has 19 heavy (non-hydrogen) atoms. The zero-order valence-corrected chi connectivity index (χ0v) is 12.3. The second-order valence-corrected chi connectivity index (χ2v) is 5.28. The van der Waals surface area contributed by atoms with E-state index in [1.165, 1.54) is 5.56 Å². The van der Waals surface area contributed by atoms with Crippen LogP contribution in [0.15, 0.2) is 18.6 Å². The van der Waals surface area contributed by atoms with E-state index in [1.54, 1.807) is 0 Å². The molecule has 0 aliphatic heterocycles. The molecule has 0 aromatic carbocycles. The van der Waals surface area contributed by atoms with Gasteiger partial charge in [-0.3, -0.25) is 4.68 Å². The fraction of sp³-hybridized carbons (Fsp3) is 0.500. The first kappa shape index (κ1) is 13.5. The highest BCUT2D eigenvalue weighted by atomic mass is 15.3. The first-order chi connectivity index (χ1) is 8.97. The number of anilines is 1. The summed E-state index contributed by atoms with van der Waals surface area (Å²) in [5.74, 6) is 1.16. The van der Waals surface area contributed by atoms with Crippen LogP contribution in [0.2, 0.25) is 0 Å². The minimum atomic E-state index is 0.420. The first-order valence-corrected chi connectivity index (χ1v) is 6.49. The minimum Gasteiger partial charge on any atom is -0.339 e. The van der Waals surface area contributed by atoms with E-state index < -0.39 is 0 Å². The smallest absolute Gasteiger partial charge is 0.225 e. The van der Waals surface area contributed by atoms with Crippen LogP contribution in [0, 0.1) is 6.92 Å². The molecule has 2 aromatic heterocycles. The van der Waals surface area contributed by atoms with Gasteiger partial charge in [-0.25, -0.2) is 9.97 Å². The molecule has 0 spiro atoms. The Bertz CT molecular complexity index is 541. The standard InChI is InChI=1S/C14H21N5/c1-10(2)13-12(9-19(5)17-13)8-18(4)14-15-6-11(3)7-16-14/h6-7,9-10H,8H2,1-5H3. The maximum absolute atomic E-state index is 4.52. The Morgan fingerprint density at radius 2 is 1.89 bits per heavy atom. The molecule has 0 amide bonds. The third-order valence-electron chi connectivity index (χ3n) is 3.00. The Labute approximate surface area is 114 Å². The van der Waals surface area contributed by atoms with Gasteiger partial charge < -0.3 is 4.90 Å². The Balaban J connectivity index is 2.18. The number of rotatable bonds is 4. The summed E-state index contributed by atoms with van der Waals surface area (Å²) in [4.78, 5) is 10.7. The molecule has 2 heterocycles. The SMILES string of the molecule is Cc1cnc(N(C)Cc2cn(C)nc2C(C)C)nc1. The lowest BCUT2D eigenvalue weighted by atomic mass is 10.1. The molecule has 0 N–H and O–H groups in total. The molecular formula is C14H21N5. The van der Waals surface area contributed by atoms with Crippen LogP contribution >= 0.6 is 0 Å². The topological polar surface area (TPSA) is 46.8 Å². The molecule has 0 bridgehead atoms. The molecule has 0 atom stereocenters. The van der Waals surface area contributed by atoms with Crippen molar-refractivity contribution in [2.45, 2.75) is 33.2 Å². The molecule has 0 radical (unpaired) electrons. The van der Waals surface area contributed by atoms with Crippen molar-refractivity contribution in [3.8, 4) is 0 Å².